The zero-order chi connectivity index (χ0) is 24.1. The summed E-state index contributed by atoms with van der Waals surface area (Å²) in [6.45, 7) is 8.58. The molecule has 0 unspecified atom stereocenters. The molecule has 12 nitrogen and oxygen atoms in total. The van der Waals surface area contributed by atoms with Crippen LogP contribution in [0.3, 0.4) is 0 Å². The molecule has 0 aromatic carbocycles. The first-order chi connectivity index (χ1) is 16.3. The van der Waals surface area contributed by atoms with Crippen LogP contribution in [0.4, 0.5) is 22.4 Å². The third-order valence-electron chi connectivity index (χ3n) is 5.27. The number of nitrogens with one attached hydrogen (secondary N) is 1. The Morgan fingerprint density at radius 2 is 1.82 bits per heavy atom. The fraction of sp³-hybridized carbons (Fsp3) is 0.409. The number of urea groups is 1. The number of piperazine rings is 1. The Morgan fingerprint density at radius 1 is 1.06 bits per heavy atom. The van der Waals surface area contributed by atoms with Crippen LogP contribution >= 0.6 is 0 Å². The fourth-order valence-corrected chi connectivity index (χ4v) is 3.42. The summed E-state index contributed by atoms with van der Waals surface area (Å²) in [5.41, 5.74) is 7.00. The molecule has 178 valence electrons. The molecule has 0 atom stereocenters. The number of nitrogen functional groups attached to an aromatic ring is 1. The van der Waals surface area contributed by atoms with Crippen LogP contribution in [-0.2, 0) is 12.0 Å². The quantitative estimate of drug-likeness (QED) is 0.573. The van der Waals surface area contributed by atoms with Crippen LogP contribution in [0.15, 0.2) is 37.1 Å². The number of carbonyl (C=O) groups excluding carboxylic acids is 1. The number of hydrogen-bond acceptors (Lipinski definition) is 10. The van der Waals surface area contributed by atoms with Gasteiger partial charge in [0.2, 0.25) is 5.95 Å². The summed E-state index contributed by atoms with van der Waals surface area (Å²) >= 11 is 0. The maximum absolute atomic E-state index is 12.8. The maximum atomic E-state index is 12.8. The van der Waals surface area contributed by atoms with Crippen molar-refractivity contribution >= 4 is 23.6 Å². The molecule has 0 bridgehead atoms. The van der Waals surface area contributed by atoms with Gasteiger partial charge in [-0.2, -0.15) is 0 Å². The Balaban J connectivity index is 1.35. The van der Waals surface area contributed by atoms with Crippen LogP contribution in [0.25, 0.3) is 0 Å². The van der Waals surface area contributed by atoms with E-state index >= 15 is 0 Å². The first-order valence-corrected chi connectivity index (χ1v) is 10.9. The van der Waals surface area contributed by atoms with Crippen molar-refractivity contribution in [3.05, 3.63) is 48.4 Å². The van der Waals surface area contributed by atoms with Crippen LogP contribution in [0, 0.1) is 0 Å². The predicted octanol–water partition coefficient (Wildman–Crippen LogP) is 1.87. The van der Waals surface area contributed by atoms with Gasteiger partial charge in [0.25, 0.3) is 5.88 Å². The van der Waals surface area contributed by atoms with Crippen molar-refractivity contribution in [3.63, 3.8) is 0 Å². The minimum absolute atomic E-state index is 0.134. The molecule has 34 heavy (non-hydrogen) atoms. The Labute approximate surface area is 197 Å². The van der Waals surface area contributed by atoms with Gasteiger partial charge in [-0.05, 0) is 6.07 Å². The van der Waals surface area contributed by atoms with E-state index in [2.05, 4.69) is 56.0 Å². The van der Waals surface area contributed by atoms with Gasteiger partial charge in [0.15, 0.2) is 5.82 Å². The van der Waals surface area contributed by atoms with Gasteiger partial charge in [-0.3, -0.25) is 5.32 Å². The highest BCUT2D eigenvalue weighted by atomic mass is 16.5. The number of nitrogens with zero attached hydrogens (tertiary/aromatic N) is 8. The summed E-state index contributed by atoms with van der Waals surface area (Å²) in [5, 5.41) is 2.88. The zero-order valence-electron chi connectivity index (χ0n) is 19.5. The minimum atomic E-state index is -0.199. The number of aromatic nitrogens is 6. The zero-order valence-corrected chi connectivity index (χ0v) is 19.5. The molecule has 4 heterocycles. The van der Waals surface area contributed by atoms with Crippen LogP contribution in [0.2, 0.25) is 0 Å². The Hall–Kier alpha value is -4.09. The molecule has 0 radical (unpaired) electrons. The first-order valence-electron chi connectivity index (χ1n) is 10.9. The van der Waals surface area contributed by atoms with Crippen LogP contribution in [-0.4, -0.2) is 67.0 Å². The monoisotopic (exact) mass is 464 g/mol. The maximum Gasteiger partial charge on any atom is 0.323 e. The molecule has 0 aliphatic carbocycles. The van der Waals surface area contributed by atoms with E-state index in [9.17, 15) is 4.79 Å². The lowest BCUT2D eigenvalue weighted by molar-refractivity contribution is 0.207. The van der Waals surface area contributed by atoms with E-state index in [-0.39, 0.29) is 24.0 Å². The molecule has 0 saturated carbocycles. The Morgan fingerprint density at radius 3 is 2.56 bits per heavy atom. The van der Waals surface area contributed by atoms with Crippen molar-refractivity contribution in [2.75, 3.05) is 42.1 Å². The number of ether oxygens (including phenoxy) is 1. The molecule has 2 amide bonds. The van der Waals surface area contributed by atoms with Gasteiger partial charge >= 0.3 is 6.03 Å². The number of hydrogen-bond donors (Lipinski definition) is 2. The molecular weight excluding hydrogens is 436 g/mol. The summed E-state index contributed by atoms with van der Waals surface area (Å²) in [6, 6.07) is 3.34. The normalized spacial score (nSPS) is 14.1. The third-order valence-corrected chi connectivity index (χ3v) is 5.27. The predicted molar refractivity (Wildman–Crippen MR) is 126 cm³/mol. The Bertz CT molecular complexity index is 1140. The van der Waals surface area contributed by atoms with Gasteiger partial charge in [-0.15, -0.1) is 0 Å². The number of nitrogens with two attached hydrogens (primary N) is 1. The van der Waals surface area contributed by atoms with Gasteiger partial charge < -0.3 is 20.3 Å². The standard InChI is InChI=1S/C22H28N10O2/c1-22(2,3)16-12-17(28-14-27-16)30-21(33)32-10-8-31(9-11-32)18-19(25-7-6-24-18)34-13-15-4-5-26-20(23)29-15/h4-7,12,14H,8-11,13H2,1-3H3,(H2,23,26,29)(H,27,28,30,33). The lowest BCUT2D eigenvalue weighted by Gasteiger charge is -2.35. The van der Waals surface area contributed by atoms with Gasteiger partial charge in [0.1, 0.15) is 18.8 Å². The van der Waals surface area contributed by atoms with Crippen molar-refractivity contribution in [1.82, 2.24) is 34.8 Å². The lowest BCUT2D eigenvalue weighted by atomic mass is 9.92. The van der Waals surface area contributed by atoms with E-state index in [1.165, 1.54) is 6.33 Å². The average molecular weight is 465 g/mol. The first kappa shape index (κ1) is 23.1. The second-order valence-corrected chi connectivity index (χ2v) is 8.82. The fourth-order valence-electron chi connectivity index (χ4n) is 3.42. The summed E-state index contributed by atoms with van der Waals surface area (Å²) in [6.07, 6.45) is 6.24. The molecule has 0 spiro atoms. The number of carbonyl (C=O) groups is 1. The minimum Gasteiger partial charge on any atom is -0.469 e. The van der Waals surface area contributed by atoms with Crippen LogP contribution < -0.4 is 20.7 Å². The van der Waals surface area contributed by atoms with Crippen LogP contribution in [0.1, 0.15) is 32.2 Å². The highest BCUT2D eigenvalue weighted by molar-refractivity contribution is 5.88. The highest BCUT2D eigenvalue weighted by Gasteiger charge is 2.25. The van der Waals surface area contributed by atoms with Gasteiger partial charge in [0, 0.05) is 56.3 Å². The SMILES string of the molecule is CC(C)(C)c1cc(NC(=O)N2CCN(c3nccnc3OCc3ccnc(N)n3)CC2)ncn1. The molecule has 12 heteroatoms. The van der Waals surface area contributed by atoms with Gasteiger partial charge in [-0.25, -0.2) is 34.7 Å². The number of anilines is 3. The molecule has 3 N–H and O–H groups in total. The molecule has 1 fully saturated rings. The molecule has 1 aliphatic heterocycles. The molecule has 1 saturated heterocycles. The van der Waals surface area contributed by atoms with E-state index in [0.717, 1.165) is 5.69 Å². The molecule has 3 aromatic heterocycles. The summed E-state index contributed by atoms with van der Waals surface area (Å²) in [7, 11) is 0. The summed E-state index contributed by atoms with van der Waals surface area (Å²) in [5.74, 6) is 1.69. The molecule has 3 aromatic rings. The lowest BCUT2D eigenvalue weighted by Crippen LogP contribution is -2.50. The highest BCUT2D eigenvalue weighted by Crippen LogP contribution is 2.25. The van der Waals surface area contributed by atoms with Crippen molar-refractivity contribution in [1.29, 1.82) is 0 Å². The van der Waals surface area contributed by atoms with Crippen molar-refractivity contribution in [2.24, 2.45) is 0 Å². The molecular formula is C22H28N10O2. The number of amides is 2. The second kappa shape index (κ2) is 9.81. The smallest absolute Gasteiger partial charge is 0.323 e. The summed E-state index contributed by atoms with van der Waals surface area (Å²) < 4.78 is 5.86. The van der Waals surface area contributed by atoms with Crippen molar-refractivity contribution < 1.29 is 9.53 Å². The van der Waals surface area contributed by atoms with Crippen LogP contribution in [0.5, 0.6) is 5.88 Å². The van der Waals surface area contributed by atoms with E-state index in [1.54, 1.807) is 29.6 Å². The molecule has 1 aliphatic rings. The largest absolute Gasteiger partial charge is 0.469 e. The summed E-state index contributed by atoms with van der Waals surface area (Å²) in [4.78, 5) is 41.8. The molecule has 4 rings (SSSR count). The van der Waals surface area contributed by atoms with Gasteiger partial charge in [0.05, 0.1) is 11.4 Å². The van der Waals surface area contributed by atoms with E-state index in [0.29, 0.717) is 49.4 Å². The topological polar surface area (TPSA) is 148 Å². The van der Waals surface area contributed by atoms with Gasteiger partial charge in [-0.1, -0.05) is 20.8 Å². The van der Waals surface area contributed by atoms with E-state index < -0.39 is 0 Å². The number of rotatable bonds is 5. The van der Waals surface area contributed by atoms with E-state index in [1.807, 2.05) is 11.0 Å². The van der Waals surface area contributed by atoms with Crippen molar-refractivity contribution in [2.45, 2.75) is 32.8 Å². The van der Waals surface area contributed by atoms with E-state index in [4.69, 9.17) is 10.5 Å². The van der Waals surface area contributed by atoms with Crippen molar-refractivity contribution in [3.8, 4) is 5.88 Å². The average Bonchev–Trinajstić information content (AvgIpc) is 2.83. The second-order valence-electron chi connectivity index (χ2n) is 8.82. The third kappa shape index (κ3) is 5.63. The Kier molecular flexibility index (Phi) is 6.66.